The van der Waals surface area contributed by atoms with Crippen LogP contribution in [0.1, 0.15) is 24.0 Å². The molecule has 0 aromatic heterocycles. The molecule has 1 aromatic rings. The number of hydrogen-bond acceptors (Lipinski definition) is 2. The van der Waals surface area contributed by atoms with Crippen molar-refractivity contribution < 1.29 is 5.11 Å². The molecular formula is C17H18NO-. The third kappa shape index (κ3) is 2.07. The molecule has 0 radical (unpaired) electrons. The fourth-order valence-corrected chi connectivity index (χ4v) is 3.09. The maximum absolute atomic E-state index is 12.1. The van der Waals surface area contributed by atoms with Gasteiger partial charge in [0.25, 0.3) is 0 Å². The Hall–Kier alpha value is -1.96. The number of rotatable bonds is 1. The smallest absolute Gasteiger partial charge is 0.0121 e. The fourth-order valence-electron chi connectivity index (χ4n) is 3.09. The van der Waals surface area contributed by atoms with E-state index in [0.29, 0.717) is 5.92 Å². The van der Waals surface area contributed by atoms with Crippen LogP contribution in [0.2, 0.25) is 0 Å². The van der Waals surface area contributed by atoms with Crippen molar-refractivity contribution in [1.29, 1.82) is 0 Å². The summed E-state index contributed by atoms with van der Waals surface area (Å²) in [4.78, 5) is 0. The SMILES string of the molecule is Cc1ccc([O-])c(C2=CC=C(N)C3CCC=CC23)c1. The fraction of sp³-hybridized carbons (Fsp3) is 0.294. The topological polar surface area (TPSA) is 49.1 Å². The molecule has 1 aromatic carbocycles. The van der Waals surface area contributed by atoms with Crippen molar-refractivity contribution in [1.82, 2.24) is 0 Å². The van der Waals surface area contributed by atoms with Crippen molar-refractivity contribution in [3.63, 3.8) is 0 Å². The number of aryl methyl sites for hydroxylation is 1. The zero-order valence-corrected chi connectivity index (χ0v) is 11.1. The van der Waals surface area contributed by atoms with E-state index in [-0.39, 0.29) is 11.7 Å². The molecule has 0 fully saturated rings. The molecular weight excluding hydrogens is 234 g/mol. The maximum atomic E-state index is 12.1. The summed E-state index contributed by atoms with van der Waals surface area (Å²) < 4.78 is 0. The summed E-state index contributed by atoms with van der Waals surface area (Å²) in [6.45, 7) is 2.02. The van der Waals surface area contributed by atoms with Gasteiger partial charge in [-0.3, -0.25) is 0 Å². The van der Waals surface area contributed by atoms with E-state index in [2.05, 4.69) is 12.2 Å². The van der Waals surface area contributed by atoms with Crippen LogP contribution >= 0.6 is 0 Å². The molecule has 0 saturated heterocycles. The van der Waals surface area contributed by atoms with Crippen LogP contribution in [0.25, 0.3) is 5.57 Å². The van der Waals surface area contributed by atoms with E-state index in [1.165, 1.54) is 0 Å². The van der Waals surface area contributed by atoms with Gasteiger partial charge in [0.15, 0.2) is 0 Å². The van der Waals surface area contributed by atoms with E-state index in [0.717, 1.165) is 35.2 Å². The number of allylic oxidation sites excluding steroid dienone is 6. The van der Waals surface area contributed by atoms with Crippen LogP contribution in [-0.2, 0) is 0 Å². The van der Waals surface area contributed by atoms with Crippen LogP contribution in [0, 0.1) is 18.8 Å². The largest absolute Gasteiger partial charge is 0.872 e. The lowest BCUT2D eigenvalue weighted by Crippen LogP contribution is -2.26. The highest BCUT2D eigenvalue weighted by molar-refractivity contribution is 5.76. The number of nitrogens with two attached hydrogens (primary N) is 1. The Balaban J connectivity index is 2.10. The first-order valence-corrected chi connectivity index (χ1v) is 6.79. The van der Waals surface area contributed by atoms with Gasteiger partial charge in [0.2, 0.25) is 0 Å². The Kier molecular flexibility index (Phi) is 2.94. The van der Waals surface area contributed by atoms with E-state index >= 15 is 0 Å². The van der Waals surface area contributed by atoms with E-state index in [4.69, 9.17) is 5.73 Å². The first kappa shape index (κ1) is 12.1. The molecule has 0 saturated carbocycles. The molecule has 2 atom stereocenters. The van der Waals surface area contributed by atoms with Crippen molar-refractivity contribution in [2.24, 2.45) is 17.6 Å². The minimum atomic E-state index is 0.100. The predicted molar refractivity (Wildman–Crippen MR) is 76.2 cm³/mol. The van der Waals surface area contributed by atoms with Crippen molar-refractivity contribution in [2.45, 2.75) is 19.8 Å². The second-order valence-corrected chi connectivity index (χ2v) is 5.43. The molecule has 2 aliphatic rings. The van der Waals surface area contributed by atoms with E-state index in [9.17, 15) is 5.11 Å². The summed E-state index contributed by atoms with van der Waals surface area (Å²) in [5.74, 6) is 0.710. The number of fused-ring (bicyclic) bond motifs is 1. The summed E-state index contributed by atoms with van der Waals surface area (Å²) in [6.07, 6.45) is 10.5. The number of hydrogen-bond donors (Lipinski definition) is 1. The predicted octanol–water partition coefficient (Wildman–Crippen LogP) is 2.89. The molecule has 0 amide bonds. The number of benzene rings is 1. The Morgan fingerprint density at radius 2 is 2.11 bits per heavy atom. The molecule has 0 spiro atoms. The van der Waals surface area contributed by atoms with Crippen molar-refractivity contribution in [3.05, 3.63) is 59.3 Å². The monoisotopic (exact) mass is 252 g/mol. The summed E-state index contributed by atoms with van der Waals surface area (Å²) in [7, 11) is 0. The quantitative estimate of drug-likeness (QED) is 0.781. The van der Waals surface area contributed by atoms with Crippen molar-refractivity contribution >= 4 is 5.57 Å². The first-order chi connectivity index (χ1) is 9.16. The molecule has 0 heterocycles. The average molecular weight is 252 g/mol. The highest BCUT2D eigenvalue weighted by atomic mass is 16.3. The maximum Gasteiger partial charge on any atom is 0.0121 e. The van der Waals surface area contributed by atoms with Gasteiger partial charge in [0, 0.05) is 17.5 Å². The molecule has 19 heavy (non-hydrogen) atoms. The Morgan fingerprint density at radius 1 is 1.26 bits per heavy atom. The van der Waals surface area contributed by atoms with E-state index in [1.54, 1.807) is 6.07 Å². The molecule has 0 aliphatic heterocycles. The normalized spacial score (nSPS) is 25.5. The lowest BCUT2D eigenvalue weighted by atomic mass is 9.73. The third-order valence-corrected chi connectivity index (χ3v) is 4.11. The zero-order chi connectivity index (χ0) is 13.4. The second-order valence-electron chi connectivity index (χ2n) is 5.43. The van der Waals surface area contributed by atoms with Crippen molar-refractivity contribution in [2.75, 3.05) is 0 Å². The van der Waals surface area contributed by atoms with Crippen LogP contribution in [0.3, 0.4) is 0 Å². The molecule has 2 N–H and O–H groups in total. The summed E-state index contributed by atoms with van der Waals surface area (Å²) >= 11 is 0. The summed E-state index contributed by atoms with van der Waals surface area (Å²) in [6, 6.07) is 5.52. The van der Waals surface area contributed by atoms with Gasteiger partial charge < -0.3 is 10.8 Å². The van der Waals surface area contributed by atoms with Crippen LogP contribution in [-0.4, -0.2) is 0 Å². The zero-order valence-electron chi connectivity index (χ0n) is 11.1. The van der Waals surface area contributed by atoms with Crippen LogP contribution in [0.5, 0.6) is 5.75 Å². The molecule has 98 valence electrons. The van der Waals surface area contributed by atoms with Gasteiger partial charge in [0.1, 0.15) is 0 Å². The lowest BCUT2D eigenvalue weighted by Gasteiger charge is -2.34. The summed E-state index contributed by atoms with van der Waals surface area (Å²) in [5, 5.41) is 12.1. The van der Waals surface area contributed by atoms with E-state index in [1.807, 2.05) is 31.2 Å². The Labute approximate surface area is 113 Å². The van der Waals surface area contributed by atoms with E-state index < -0.39 is 0 Å². The minimum absolute atomic E-state index is 0.100. The molecule has 2 heteroatoms. The van der Waals surface area contributed by atoms with Gasteiger partial charge in [-0.05, 0) is 37.0 Å². The highest BCUT2D eigenvalue weighted by Gasteiger charge is 2.29. The molecule has 3 rings (SSSR count). The van der Waals surface area contributed by atoms with Gasteiger partial charge in [0.05, 0.1) is 0 Å². The van der Waals surface area contributed by atoms with Gasteiger partial charge in [-0.2, -0.15) is 0 Å². The molecule has 0 bridgehead atoms. The molecule has 2 aliphatic carbocycles. The van der Waals surface area contributed by atoms with Gasteiger partial charge in [-0.1, -0.05) is 42.0 Å². The van der Waals surface area contributed by atoms with Gasteiger partial charge in [-0.25, -0.2) is 0 Å². The second kappa shape index (κ2) is 4.61. The Bertz CT molecular complexity index is 595. The molecule has 2 nitrogen and oxygen atoms in total. The van der Waals surface area contributed by atoms with Gasteiger partial charge in [-0.15, -0.1) is 5.75 Å². The Morgan fingerprint density at radius 3 is 2.95 bits per heavy atom. The standard InChI is InChI=1S/C17H19NO/c1-11-6-9-17(19)15(10-11)13-7-8-16(18)14-5-3-2-4-12(13)14/h2,4,6-10,12,14,19H,3,5,18H2,1H3/p-1. The summed E-state index contributed by atoms with van der Waals surface area (Å²) in [5.41, 5.74) is 10.1. The van der Waals surface area contributed by atoms with Crippen LogP contribution in [0.15, 0.2) is 48.2 Å². The van der Waals surface area contributed by atoms with Crippen LogP contribution < -0.4 is 10.8 Å². The third-order valence-electron chi connectivity index (χ3n) is 4.11. The lowest BCUT2D eigenvalue weighted by molar-refractivity contribution is -0.268. The molecule has 2 unspecified atom stereocenters. The van der Waals surface area contributed by atoms with Crippen LogP contribution in [0.4, 0.5) is 0 Å². The van der Waals surface area contributed by atoms with Crippen molar-refractivity contribution in [3.8, 4) is 5.75 Å². The highest BCUT2D eigenvalue weighted by Crippen LogP contribution is 2.42. The van der Waals surface area contributed by atoms with Gasteiger partial charge >= 0.3 is 0 Å². The first-order valence-electron chi connectivity index (χ1n) is 6.79. The minimum Gasteiger partial charge on any atom is -0.872 e. The average Bonchev–Trinajstić information content (AvgIpc) is 2.43.